The maximum atomic E-state index is 13.3. The monoisotopic (exact) mass is 455 g/mol. The van der Waals surface area contributed by atoms with Crippen LogP contribution >= 0.6 is 0 Å². The molecule has 2 aromatic carbocycles. The van der Waals surface area contributed by atoms with Gasteiger partial charge in [0.05, 0.1) is 18.1 Å². The Bertz CT molecular complexity index is 1490. The van der Waals surface area contributed by atoms with Gasteiger partial charge < -0.3 is 14.6 Å². The first kappa shape index (κ1) is 22.9. The van der Waals surface area contributed by atoms with Crippen molar-refractivity contribution in [3.8, 4) is 5.75 Å². The zero-order valence-electron chi connectivity index (χ0n) is 19.5. The van der Waals surface area contributed by atoms with Gasteiger partial charge in [0.15, 0.2) is 5.78 Å². The van der Waals surface area contributed by atoms with Crippen LogP contribution < -0.4 is 15.5 Å². The van der Waals surface area contributed by atoms with Crippen molar-refractivity contribution in [2.75, 3.05) is 12.4 Å². The molecule has 0 spiro atoms. The number of carbonyl (C=O) groups is 2. The first-order valence-electron chi connectivity index (χ1n) is 10.8. The van der Waals surface area contributed by atoms with Crippen molar-refractivity contribution in [3.05, 3.63) is 99.0 Å². The average Bonchev–Trinajstić information content (AvgIpc) is 2.82. The summed E-state index contributed by atoms with van der Waals surface area (Å²) in [5, 5.41) is 3.20. The van der Waals surface area contributed by atoms with E-state index in [9.17, 15) is 14.4 Å². The number of benzene rings is 2. The van der Waals surface area contributed by atoms with E-state index in [1.807, 2.05) is 32.0 Å². The topological polar surface area (TPSA) is 90.3 Å². The summed E-state index contributed by atoms with van der Waals surface area (Å²) in [4.78, 5) is 43.9. The van der Waals surface area contributed by atoms with Crippen LogP contribution in [0.3, 0.4) is 0 Å². The molecule has 4 rings (SSSR count). The van der Waals surface area contributed by atoms with Gasteiger partial charge >= 0.3 is 0 Å². The Morgan fingerprint density at radius 1 is 1.03 bits per heavy atom. The molecule has 4 aromatic rings. The lowest BCUT2D eigenvalue weighted by atomic mass is 10.0. The number of pyridine rings is 2. The Morgan fingerprint density at radius 2 is 1.82 bits per heavy atom. The third-order valence-electron chi connectivity index (χ3n) is 5.62. The van der Waals surface area contributed by atoms with E-state index in [-0.39, 0.29) is 23.4 Å². The highest BCUT2D eigenvalue weighted by Crippen LogP contribution is 2.19. The van der Waals surface area contributed by atoms with Gasteiger partial charge in [0.1, 0.15) is 17.9 Å². The zero-order chi connectivity index (χ0) is 24.4. The van der Waals surface area contributed by atoms with Crippen LogP contribution in [0.2, 0.25) is 0 Å². The minimum atomic E-state index is -0.449. The summed E-state index contributed by atoms with van der Waals surface area (Å²) in [7, 11) is 1.51. The number of hydrogen-bond donors (Lipinski definition) is 1. The number of methoxy groups -OCH3 is 1. The Morgan fingerprint density at radius 3 is 2.59 bits per heavy atom. The van der Waals surface area contributed by atoms with Gasteiger partial charge in [0, 0.05) is 23.1 Å². The molecule has 0 bridgehead atoms. The number of ketones is 1. The number of rotatable bonds is 6. The number of carbonyl (C=O) groups excluding carboxylic acids is 2. The second-order valence-electron chi connectivity index (χ2n) is 8.25. The minimum absolute atomic E-state index is 0.0362. The van der Waals surface area contributed by atoms with Gasteiger partial charge in [-0.3, -0.25) is 14.4 Å². The molecule has 0 unspecified atom stereocenters. The molecule has 0 fully saturated rings. The molecular formula is C27H25N3O4. The van der Waals surface area contributed by atoms with E-state index in [4.69, 9.17) is 4.74 Å². The lowest BCUT2D eigenvalue weighted by Gasteiger charge is -2.14. The van der Waals surface area contributed by atoms with Crippen LogP contribution in [0.15, 0.2) is 65.6 Å². The lowest BCUT2D eigenvalue weighted by Crippen LogP contribution is -2.25. The Hall–Kier alpha value is -4.26. The highest BCUT2D eigenvalue weighted by molar-refractivity contribution is 6.10. The molecule has 0 aliphatic heterocycles. The smallest absolute Gasteiger partial charge is 0.244 e. The summed E-state index contributed by atoms with van der Waals surface area (Å²) in [5.41, 5.74) is 3.58. The largest absolute Gasteiger partial charge is 0.497 e. The van der Waals surface area contributed by atoms with E-state index in [1.54, 1.807) is 47.9 Å². The Labute approximate surface area is 197 Å². The fourth-order valence-corrected chi connectivity index (χ4v) is 3.78. The maximum absolute atomic E-state index is 13.3. The summed E-state index contributed by atoms with van der Waals surface area (Å²) in [5.74, 6) is -0.228. The second kappa shape index (κ2) is 9.31. The van der Waals surface area contributed by atoms with Gasteiger partial charge in [0.25, 0.3) is 0 Å². The number of hydrogen-bond acceptors (Lipinski definition) is 5. The molecule has 0 aliphatic rings. The predicted octanol–water partition coefficient (Wildman–Crippen LogP) is 4.20. The third-order valence-corrected chi connectivity index (χ3v) is 5.62. The van der Waals surface area contributed by atoms with Crippen molar-refractivity contribution in [1.29, 1.82) is 0 Å². The maximum Gasteiger partial charge on any atom is 0.244 e. The first-order valence-corrected chi connectivity index (χ1v) is 10.8. The number of aromatic nitrogens is 2. The highest BCUT2D eigenvalue weighted by Gasteiger charge is 2.19. The number of nitrogens with zero attached hydrogens (tertiary/aromatic N) is 2. The third kappa shape index (κ3) is 4.59. The van der Waals surface area contributed by atoms with Crippen molar-refractivity contribution in [2.24, 2.45) is 0 Å². The minimum Gasteiger partial charge on any atom is -0.497 e. The SMILES string of the molecule is COc1cccc(C(=O)c2cn(CC(=O)Nc3cc(C)ccc3C)c3nc(C)ccc3c2=O)c1. The van der Waals surface area contributed by atoms with Crippen LogP contribution in [0.5, 0.6) is 5.75 Å². The molecule has 0 atom stereocenters. The van der Waals surface area contributed by atoms with Crippen molar-refractivity contribution in [1.82, 2.24) is 9.55 Å². The molecular weight excluding hydrogens is 430 g/mol. The molecule has 0 saturated carbocycles. The van der Waals surface area contributed by atoms with E-state index in [0.717, 1.165) is 11.1 Å². The van der Waals surface area contributed by atoms with Crippen LogP contribution in [0.25, 0.3) is 11.0 Å². The molecule has 2 aromatic heterocycles. The second-order valence-corrected chi connectivity index (χ2v) is 8.25. The Kier molecular flexibility index (Phi) is 6.27. The summed E-state index contributed by atoms with van der Waals surface area (Å²) in [6.07, 6.45) is 1.42. The fourth-order valence-electron chi connectivity index (χ4n) is 3.78. The molecule has 34 heavy (non-hydrogen) atoms. The summed E-state index contributed by atoms with van der Waals surface area (Å²) in [6.45, 7) is 5.56. The summed E-state index contributed by atoms with van der Waals surface area (Å²) >= 11 is 0. The van der Waals surface area contributed by atoms with E-state index < -0.39 is 11.2 Å². The van der Waals surface area contributed by atoms with Crippen LogP contribution in [-0.4, -0.2) is 28.4 Å². The standard InChI is InChI=1S/C27H25N3O4/c1-16-8-9-17(2)23(12-16)29-24(31)15-30-14-22(25(32)19-6-5-7-20(13-19)34-4)26(33)21-11-10-18(3)28-27(21)30/h5-14H,15H2,1-4H3,(H,29,31). The molecule has 172 valence electrons. The number of aryl methyl sites for hydroxylation is 3. The van der Waals surface area contributed by atoms with Crippen molar-refractivity contribution in [3.63, 3.8) is 0 Å². The van der Waals surface area contributed by atoms with Gasteiger partial charge in [-0.2, -0.15) is 0 Å². The van der Waals surface area contributed by atoms with Crippen LogP contribution in [0, 0.1) is 20.8 Å². The molecule has 7 heteroatoms. The quantitative estimate of drug-likeness (QED) is 0.440. The molecule has 1 N–H and O–H groups in total. The van der Waals surface area contributed by atoms with E-state index in [0.29, 0.717) is 28.3 Å². The number of nitrogens with one attached hydrogen (secondary N) is 1. The van der Waals surface area contributed by atoms with Gasteiger partial charge in [0.2, 0.25) is 11.3 Å². The van der Waals surface area contributed by atoms with E-state index >= 15 is 0 Å². The summed E-state index contributed by atoms with van der Waals surface area (Å²) < 4.78 is 6.76. The molecule has 0 aliphatic carbocycles. The van der Waals surface area contributed by atoms with Crippen molar-refractivity contribution < 1.29 is 14.3 Å². The van der Waals surface area contributed by atoms with E-state index in [2.05, 4.69) is 10.3 Å². The highest BCUT2D eigenvalue weighted by atomic mass is 16.5. The van der Waals surface area contributed by atoms with Gasteiger partial charge in [-0.1, -0.05) is 24.3 Å². The van der Waals surface area contributed by atoms with Crippen LogP contribution in [-0.2, 0) is 11.3 Å². The van der Waals surface area contributed by atoms with Crippen LogP contribution in [0.1, 0.15) is 32.7 Å². The number of anilines is 1. The van der Waals surface area contributed by atoms with Crippen molar-refractivity contribution in [2.45, 2.75) is 27.3 Å². The molecule has 1 amide bonds. The molecule has 2 heterocycles. The van der Waals surface area contributed by atoms with E-state index in [1.165, 1.54) is 13.3 Å². The number of amides is 1. The molecule has 0 saturated heterocycles. The first-order chi connectivity index (χ1) is 16.3. The lowest BCUT2D eigenvalue weighted by molar-refractivity contribution is -0.116. The molecule has 7 nitrogen and oxygen atoms in total. The van der Waals surface area contributed by atoms with Crippen LogP contribution in [0.4, 0.5) is 5.69 Å². The number of fused-ring (bicyclic) bond motifs is 1. The van der Waals surface area contributed by atoms with Gasteiger partial charge in [-0.25, -0.2) is 4.98 Å². The van der Waals surface area contributed by atoms with Gasteiger partial charge in [-0.15, -0.1) is 0 Å². The predicted molar refractivity (Wildman–Crippen MR) is 132 cm³/mol. The van der Waals surface area contributed by atoms with Gasteiger partial charge in [-0.05, 0) is 62.2 Å². The number of ether oxygens (including phenoxy) is 1. The zero-order valence-corrected chi connectivity index (χ0v) is 19.5. The fraction of sp³-hybridized carbons (Fsp3) is 0.185. The molecule has 0 radical (unpaired) electrons. The Balaban J connectivity index is 1.77. The normalized spacial score (nSPS) is 10.8. The average molecular weight is 456 g/mol. The van der Waals surface area contributed by atoms with Crippen molar-refractivity contribution >= 4 is 28.4 Å². The summed E-state index contributed by atoms with van der Waals surface area (Å²) in [6, 6.07) is 15.8.